The van der Waals surface area contributed by atoms with Gasteiger partial charge in [0.1, 0.15) is 22.5 Å². The summed E-state index contributed by atoms with van der Waals surface area (Å²) in [6, 6.07) is 10.9. The summed E-state index contributed by atoms with van der Waals surface area (Å²) >= 11 is 0. The molecule has 0 aromatic heterocycles. The highest BCUT2D eigenvalue weighted by Crippen LogP contribution is 2.67. The topological polar surface area (TPSA) is 172 Å². The van der Waals surface area contributed by atoms with Crippen LogP contribution in [-0.4, -0.2) is 62.7 Å². The van der Waals surface area contributed by atoms with Gasteiger partial charge in [-0.25, -0.2) is 4.79 Å². The Kier molecular flexibility index (Phi) is 9.43. The van der Waals surface area contributed by atoms with Gasteiger partial charge in [0.25, 0.3) is 0 Å². The molecule has 2 aromatic rings. The number of aliphatic hydroxyl groups excluding tert-OH is 1. The third-order valence-electron chi connectivity index (χ3n) is 11.7. The molecule has 0 bridgehead atoms. The van der Waals surface area contributed by atoms with E-state index >= 15 is 0 Å². The summed E-state index contributed by atoms with van der Waals surface area (Å²) in [7, 11) is 0. The number of Topliss-reactive ketones (excluding diaryl/α,β-unsaturated/α-hetero) is 1. The number of allylic oxidation sites excluding steroid dienone is 4. The van der Waals surface area contributed by atoms with Crippen LogP contribution in [0.25, 0.3) is 0 Å². The number of aromatic hydroxyl groups is 1. The van der Waals surface area contributed by atoms with Gasteiger partial charge >= 0.3 is 11.9 Å². The van der Waals surface area contributed by atoms with E-state index in [-0.39, 0.29) is 59.8 Å². The Morgan fingerprint density at radius 3 is 2.53 bits per heavy atom. The molecule has 3 fully saturated rings. The van der Waals surface area contributed by atoms with Crippen molar-refractivity contribution >= 4 is 34.9 Å². The number of hydrogen-bond donors (Lipinski definition) is 3. The molecule has 11 heteroatoms. The van der Waals surface area contributed by atoms with Crippen LogP contribution in [0, 0.1) is 28.6 Å². The molecular weight excluding hydrogens is 652 g/mol. The van der Waals surface area contributed by atoms with E-state index in [0.717, 1.165) is 18.4 Å². The van der Waals surface area contributed by atoms with Gasteiger partial charge in [0.05, 0.1) is 23.9 Å². The Labute approximate surface area is 297 Å². The van der Waals surface area contributed by atoms with E-state index < -0.39 is 52.5 Å². The van der Waals surface area contributed by atoms with Crippen LogP contribution in [0.3, 0.4) is 0 Å². The zero-order chi connectivity index (χ0) is 36.9. The molecule has 7 atom stereocenters. The first-order valence-electron chi connectivity index (χ1n) is 17.5. The molecule has 3 N–H and O–H groups in total. The zero-order valence-corrected chi connectivity index (χ0v) is 29.7. The number of rotatable bonds is 8. The quantitative estimate of drug-likeness (QED) is 0.208. The van der Waals surface area contributed by atoms with Crippen LogP contribution in [0.2, 0.25) is 0 Å². The molecule has 0 aliphatic heterocycles. The molecule has 0 radical (unpaired) electrons. The normalized spacial score (nSPS) is 31.4. The van der Waals surface area contributed by atoms with Crippen molar-refractivity contribution in [3.05, 3.63) is 77.4 Å². The number of nitrogens with zero attached hydrogens (tertiary/aromatic N) is 2. The van der Waals surface area contributed by atoms with Gasteiger partial charge < -0.3 is 24.8 Å². The second-order valence-corrected chi connectivity index (χ2v) is 15.9. The third-order valence-corrected chi connectivity index (χ3v) is 11.7. The number of aliphatic hydroxyl groups is 2. The molecule has 3 saturated carbocycles. The lowest BCUT2D eigenvalue weighted by Gasteiger charge is -2.59. The minimum atomic E-state index is -1.77. The predicted molar refractivity (Wildman–Crippen MR) is 187 cm³/mol. The van der Waals surface area contributed by atoms with Crippen molar-refractivity contribution in [3.63, 3.8) is 0 Å². The van der Waals surface area contributed by atoms with Crippen LogP contribution in [-0.2, 0) is 30.3 Å². The van der Waals surface area contributed by atoms with Gasteiger partial charge in [-0.2, -0.15) is 10.2 Å². The summed E-state index contributed by atoms with van der Waals surface area (Å²) in [6.07, 6.45) is 6.72. The first kappa shape index (κ1) is 36.3. The summed E-state index contributed by atoms with van der Waals surface area (Å²) in [5.41, 5.74) is -1.81. The fourth-order valence-corrected chi connectivity index (χ4v) is 9.21. The lowest BCUT2D eigenvalue weighted by atomic mass is 9.46. The summed E-state index contributed by atoms with van der Waals surface area (Å²) in [5, 5.41) is 42.3. The van der Waals surface area contributed by atoms with Crippen molar-refractivity contribution in [2.24, 2.45) is 38.8 Å². The number of ether oxygens (including phenoxy) is 2. The third kappa shape index (κ3) is 6.69. The van der Waals surface area contributed by atoms with Crippen LogP contribution >= 0.6 is 0 Å². The highest BCUT2D eigenvalue weighted by Gasteiger charge is 2.68. The summed E-state index contributed by atoms with van der Waals surface area (Å²) in [6.45, 7) is 8.50. The van der Waals surface area contributed by atoms with Gasteiger partial charge in [-0.15, -0.1) is 0 Å². The molecule has 51 heavy (non-hydrogen) atoms. The number of esters is 2. The summed E-state index contributed by atoms with van der Waals surface area (Å²) in [5.74, 6) is -2.37. The van der Waals surface area contributed by atoms with Crippen molar-refractivity contribution in [2.75, 3.05) is 6.61 Å². The van der Waals surface area contributed by atoms with Gasteiger partial charge in [-0.3, -0.25) is 14.4 Å². The Bertz CT molecular complexity index is 1860. The predicted octanol–water partition coefficient (Wildman–Crippen LogP) is 6.43. The number of carbonyl (C=O) groups is 4. The fraction of sp³-hybridized carbons (Fsp3) is 0.500. The Morgan fingerprint density at radius 2 is 1.78 bits per heavy atom. The van der Waals surface area contributed by atoms with E-state index in [1.54, 1.807) is 57.2 Å². The van der Waals surface area contributed by atoms with Gasteiger partial charge in [-0.1, -0.05) is 43.7 Å². The maximum Gasteiger partial charge on any atom is 0.342 e. The highest BCUT2D eigenvalue weighted by atomic mass is 16.6. The maximum atomic E-state index is 13.7. The molecule has 4 aliphatic carbocycles. The van der Waals surface area contributed by atoms with E-state index in [0.29, 0.717) is 17.7 Å². The Morgan fingerprint density at radius 1 is 1.04 bits per heavy atom. The number of azo groups is 1. The average Bonchev–Trinajstić information content (AvgIpc) is 3.33. The molecule has 11 nitrogen and oxygen atoms in total. The van der Waals surface area contributed by atoms with E-state index in [1.807, 2.05) is 13.0 Å². The fourth-order valence-electron chi connectivity index (χ4n) is 9.21. The van der Waals surface area contributed by atoms with Gasteiger partial charge in [0, 0.05) is 16.7 Å². The monoisotopic (exact) mass is 698 g/mol. The summed E-state index contributed by atoms with van der Waals surface area (Å²) < 4.78 is 10.8. The van der Waals surface area contributed by atoms with Crippen LogP contribution < -0.4 is 0 Å². The number of phenolic OH excluding ortho intramolecular Hbond substituents is 1. The molecule has 270 valence electrons. The SMILES string of the molecule is CC(C)(C)OC(=O)c1cc(N=Nc2ccccc2CC(=O)OCC(=O)[C@@]2(O)CC[C@H]3[C@@H]4CCC5=CC(=O)C=C[C@]5(C)[C@H]4[C@@H](O)C[C@@]32C)ccc1O. The number of ketones is 2. The molecule has 0 spiro atoms. The number of benzene rings is 2. The lowest BCUT2D eigenvalue weighted by Crippen LogP contribution is -2.61. The number of hydrogen-bond acceptors (Lipinski definition) is 11. The van der Waals surface area contributed by atoms with Gasteiger partial charge in [-0.05, 0) is 107 Å². The van der Waals surface area contributed by atoms with Crippen molar-refractivity contribution in [1.29, 1.82) is 0 Å². The zero-order valence-electron chi connectivity index (χ0n) is 29.7. The van der Waals surface area contributed by atoms with Crippen LogP contribution in [0.15, 0.2) is 76.5 Å². The largest absolute Gasteiger partial charge is 0.507 e. The standard InChI is InChI=1S/C40H46N2O9/c1-37(2,3)51-36(48)28-20-25(11-13-31(28)44)41-42-30-9-7-6-8-23(30)18-34(47)50-22-33(46)40(49)17-15-29-27-12-10-24-19-26(43)14-16-38(24,4)35(27)32(45)21-39(29,40)5/h6-9,11,13-14,16,19-20,27,29,32,35,44-45,49H,10,12,15,17-18,21-22H2,1-5H3/t27-,29-,32-,35+,38-,39-,40-/m0/s1. The second kappa shape index (κ2) is 13.2. The molecule has 2 aromatic carbocycles. The Balaban J connectivity index is 1.11. The van der Waals surface area contributed by atoms with Gasteiger partial charge in [0.2, 0.25) is 5.78 Å². The average molecular weight is 699 g/mol. The first-order valence-corrected chi connectivity index (χ1v) is 17.5. The van der Waals surface area contributed by atoms with Crippen molar-refractivity contribution in [2.45, 2.75) is 90.4 Å². The highest BCUT2D eigenvalue weighted by molar-refractivity contribution is 6.01. The van der Waals surface area contributed by atoms with Crippen molar-refractivity contribution in [1.82, 2.24) is 0 Å². The second-order valence-electron chi connectivity index (χ2n) is 15.9. The number of carbonyl (C=O) groups excluding carboxylic acids is 4. The molecule has 0 heterocycles. The van der Waals surface area contributed by atoms with Crippen molar-refractivity contribution in [3.8, 4) is 5.75 Å². The van der Waals surface area contributed by atoms with E-state index in [1.165, 1.54) is 18.2 Å². The molecule has 0 unspecified atom stereocenters. The van der Waals surface area contributed by atoms with Crippen LogP contribution in [0.1, 0.15) is 82.6 Å². The molecule has 0 amide bonds. The maximum absolute atomic E-state index is 13.7. The summed E-state index contributed by atoms with van der Waals surface area (Å²) in [4.78, 5) is 51.4. The lowest BCUT2D eigenvalue weighted by molar-refractivity contribution is -0.181. The molecule has 4 aliphatic rings. The smallest absolute Gasteiger partial charge is 0.342 e. The van der Waals surface area contributed by atoms with Gasteiger partial charge in [0.15, 0.2) is 12.4 Å². The van der Waals surface area contributed by atoms with Crippen LogP contribution in [0.4, 0.5) is 11.4 Å². The van der Waals surface area contributed by atoms with Crippen LogP contribution in [0.5, 0.6) is 5.75 Å². The first-order chi connectivity index (χ1) is 23.9. The van der Waals surface area contributed by atoms with E-state index in [9.17, 15) is 34.5 Å². The van der Waals surface area contributed by atoms with Crippen molar-refractivity contribution < 1.29 is 44.0 Å². The minimum absolute atomic E-state index is 0.0222. The molecule has 0 saturated heterocycles. The minimum Gasteiger partial charge on any atom is -0.507 e. The number of phenols is 1. The van der Waals surface area contributed by atoms with E-state index in [2.05, 4.69) is 17.2 Å². The number of fused-ring (bicyclic) bond motifs is 5. The molecule has 6 rings (SSSR count). The Hall–Kier alpha value is -4.48. The molecular formula is C40H46N2O9. The van der Waals surface area contributed by atoms with E-state index in [4.69, 9.17) is 9.47 Å².